The van der Waals surface area contributed by atoms with Crippen LogP contribution in [0.2, 0.25) is 0 Å². The number of alkyl halides is 3. The molecule has 1 aromatic rings. The first-order valence-electron chi connectivity index (χ1n) is 8.03. The summed E-state index contributed by atoms with van der Waals surface area (Å²) in [6, 6.07) is 1.38. The SMILES string of the molecule is CC(C)(C)OC(=O)N(C(=O)OC(C)(C)C)c1cc([N+](=O)[O-])cc(C(F)(F)F)c1. The quantitative estimate of drug-likeness (QED) is 0.489. The average Bonchev–Trinajstić information content (AvgIpc) is 2.41. The summed E-state index contributed by atoms with van der Waals surface area (Å²) in [5.74, 6) is 0. The molecule has 0 atom stereocenters. The number of amides is 2. The van der Waals surface area contributed by atoms with Crippen LogP contribution in [0.1, 0.15) is 47.1 Å². The molecule has 0 aliphatic rings. The van der Waals surface area contributed by atoms with E-state index in [0.717, 1.165) is 0 Å². The minimum atomic E-state index is -4.95. The molecule has 0 fully saturated rings. The molecule has 28 heavy (non-hydrogen) atoms. The third kappa shape index (κ3) is 6.71. The molecule has 0 radical (unpaired) electrons. The number of halogens is 3. The van der Waals surface area contributed by atoms with Crippen LogP contribution < -0.4 is 4.90 Å². The van der Waals surface area contributed by atoms with Gasteiger partial charge in [0.05, 0.1) is 16.2 Å². The summed E-state index contributed by atoms with van der Waals surface area (Å²) in [6.45, 7) is 8.87. The van der Waals surface area contributed by atoms with Crippen molar-refractivity contribution in [1.29, 1.82) is 0 Å². The average molecular weight is 406 g/mol. The van der Waals surface area contributed by atoms with Gasteiger partial charge >= 0.3 is 18.4 Å². The molecule has 0 saturated heterocycles. The van der Waals surface area contributed by atoms with E-state index in [2.05, 4.69) is 0 Å². The third-order valence-corrected chi connectivity index (χ3v) is 2.85. The van der Waals surface area contributed by atoms with Gasteiger partial charge in [-0.05, 0) is 47.6 Å². The van der Waals surface area contributed by atoms with Crippen LogP contribution in [0, 0.1) is 10.1 Å². The van der Waals surface area contributed by atoms with Gasteiger partial charge in [0.15, 0.2) is 0 Å². The van der Waals surface area contributed by atoms with Crippen molar-refractivity contribution in [3.63, 3.8) is 0 Å². The summed E-state index contributed by atoms with van der Waals surface area (Å²) in [5, 5.41) is 11.0. The predicted octanol–water partition coefficient (Wildman–Crippen LogP) is 5.29. The highest BCUT2D eigenvalue weighted by Crippen LogP contribution is 2.36. The van der Waals surface area contributed by atoms with Crippen molar-refractivity contribution in [2.75, 3.05) is 4.90 Å². The van der Waals surface area contributed by atoms with Gasteiger partial charge in [-0.3, -0.25) is 10.1 Å². The van der Waals surface area contributed by atoms with Gasteiger partial charge in [-0.1, -0.05) is 0 Å². The molecule has 0 spiro atoms. The Morgan fingerprint density at radius 2 is 1.36 bits per heavy atom. The number of nitro benzene ring substituents is 1. The lowest BCUT2D eigenvalue weighted by atomic mass is 10.1. The second kappa shape index (κ2) is 7.64. The zero-order valence-electron chi connectivity index (χ0n) is 16.2. The minimum Gasteiger partial charge on any atom is -0.443 e. The monoisotopic (exact) mass is 406 g/mol. The summed E-state index contributed by atoms with van der Waals surface area (Å²) in [4.78, 5) is 35.1. The molecule has 2 amide bonds. The second-order valence-electron chi connectivity index (χ2n) is 7.79. The first kappa shape index (κ1) is 23.2. The van der Waals surface area contributed by atoms with E-state index < -0.39 is 51.4 Å². The summed E-state index contributed by atoms with van der Waals surface area (Å²) in [7, 11) is 0. The molecule has 1 rings (SSSR count). The highest BCUT2D eigenvalue weighted by molar-refractivity contribution is 6.09. The lowest BCUT2D eigenvalue weighted by Gasteiger charge is -2.28. The number of hydrogen-bond donors (Lipinski definition) is 0. The van der Waals surface area contributed by atoms with Gasteiger partial charge in [-0.2, -0.15) is 18.1 Å². The molecule has 0 heterocycles. The molecular formula is C17H21F3N2O6. The van der Waals surface area contributed by atoms with Gasteiger partial charge in [0.25, 0.3) is 5.69 Å². The molecule has 8 nitrogen and oxygen atoms in total. The Morgan fingerprint density at radius 3 is 1.68 bits per heavy atom. The molecule has 0 aliphatic carbocycles. The maximum Gasteiger partial charge on any atom is 0.424 e. The lowest BCUT2D eigenvalue weighted by Crippen LogP contribution is -2.44. The Hall–Kier alpha value is -2.85. The molecule has 11 heteroatoms. The van der Waals surface area contributed by atoms with E-state index in [1.165, 1.54) is 41.5 Å². The topological polar surface area (TPSA) is 99.0 Å². The molecular weight excluding hydrogens is 385 g/mol. The van der Waals surface area contributed by atoms with Crippen LogP contribution in [0.15, 0.2) is 18.2 Å². The van der Waals surface area contributed by atoms with Gasteiger partial charge in [0, 0.05) is 12.1 Å². The van der Waals surface area contributed by atoms with Crippen molar-refractivity contribution < 1.29 is 37.2 Å². The van der Waals surface area contributed by atoms with Gasteiger partial charge < -0.3 is 9.47 Å². The molecule has 0 N–H and O–H groups in total. The number of hydrogen-bond acceptors (Lipinski definition) is 6. The number of nitro groups is 1. The molecule has 1 aromatic carbocycles. The van der Waals surface area contributed by atoms with E-state index in [9.17, 15) is 32.9 Å². The number of rotatable bonds is 2. The zero-order valence-corrected chi connectivity index (χ0v) is 16.2. The largest absolute Gasteiger partial charge is 0.443 e. The van der Waals surface area contributed by atoms with Gasteiger partial charge in [0.2, 0.25) is 0 Å². The van der Waals surface area contributed by atoms with Crippen molar-refractivity contribution in [3.05, 3.63) is 33.9 Å². The van der Waals surface area contributed by atoms with E-state index >= 15 is 0 Å². The smallest absolute Gasteiger partial charge is 0.424 e. The highest BCUT2D eigenvalue weighted by atomic mass is 19.4. The predicted molar refractivity (Wildman–Crippen MR) is 93.0 cm³/mol. The van der Waals surface area contributed by atoms with Crippen LogP contribution in [0.3, 0.4) is 0 Å². The van der Waals surface area contributed by atoms with Gasteiger partial charge in [0.1, 0.15) is 11.2 Å². The van der Waals surface area contributed by atoms with Crippen molar-refractivity contribution in [2.24, 2.45) is 0 Å². The van der Waals surface area contributed by atoms with E-state index in [1.807, 2.05) is 0 Å². The van der Waals surface area contributed by atoms with Crippen LogP contribution in [0.5, 0.6) is 0 Å². The van der Waals surface area contributed by atoms with Crippen LogP contribution in [0.25, 0.3) is 0 Å². The van der Waals surface area contributed by atoms with Gasteiger partial charge in [-0.25, -0.2) is 9.59 Å². The number of non-ortho nitro benzene ring substituents is 1. The standard InChI is InChI=1S/C17H21F3N2O6/c1-15(2,3)27-13(23)21(14(24)28-16(4,5)6)11-7-10(17(18,19)20)8-12(9-11)22(25)26/h7-9H,1-6H3. The van der Waals surface area contributed by atoms with E-state index in [4.69, 9.17) is 9.47 Å². The number of carbonyl (C=O) groups is 2. The molecule has 0 unspecified atom stereocenters. The Kier molecular flexibility index (Phi) is 6.33. The first-order valence-corrected chi connectivity index (χ1v) is 8.03. The Bertz CT molecular complexity index is 751. The molecule has 0 saturated carbocycles. The number of nitrogens with zero attached hydrogens (tertiary/aromatic N) is 2. The minimum absolute atomic E-state index is 0.193. The molecule has 0 aliphatic heterocycles. The Balaban J connectivity index is 3.59. The number of anilines is 1. The molecule has 0 bridgehead atoms. The van der Waals surface area contributed by atoms with Crippen LogP contribution in [0.4, 0.5) is 34.1 Å². The zero-order chi connectivity index (χ0) is 22.1. The Morgan fingerprint density at radius 1 is 0.929 bits per heavy atom. The van der Waals surface area contributed by atoms with Crippen molar-refractivity contribution in [2.45, 2.75) is 58.9 Å². The normalized spacial score (nSPS) is 12.3. The van der Waals surface area contributed by atoms with E-state index in [1.54, 1.807) is 0 Å². The number of ether oxygens (including phenoxy) is 2. The second-order valence-corrected chi connectivity index (χ2v) is 7.79. The summed E-state index contributed by atoms with van der Waals surface area (Å²) in [5.41, 5.74) is -5.25. The Labute approximate surface area is 159 Å². The fourth-order valence-corrected chi connectivity index (χ4v) is 1.89. The van der Waals surface area contributed by atoms with Crippen LogP contribution in [-0.4, -0.2) is 28.3 Å². The maximum atomic E-state index is 13.1. The van der Waals surface area contributed by atoms with Crippen molar-refractivity contribution in [3.8, 4) is 0 Å². The van der Waals surface area contributed by atoms with Crippen molar-refractivity contribution in [1.82, 2.24) is 0 Å². The highest BCUT2D eigenvalue weighted by Gasteiger charge is 2.37. The summed E-state index contributed by atoms with van der Waals surface area (Å²) < 4.78 is 49.5. The summed E-state index contributed by atoms with van der Waals surface area (Å²) >= 11 is 0. The maximum absolute atomic E-state index is 13.1. The molecule has 0 aromatic heterocycles. The lowest BCUT2D eigenvalue weighted by molar-refractivity contribution is -0.385. The third-order valence-electron chi connectivity index (χ3n) is 2.85. The van der Waals surface area contributed by atoms with Crippen LogP contribution >= 0.6 is 0 Å². The van der Waals surface area contributed by atoms with E-state index in [-0.39, 0.29) is 4.90 Å². The number of carbonyl (C=O) groups excluding carboxylic acids is 2. The van der Waals surface area contributed by atoms with Crippen molar-refractivity contribution >= 4 is 23.6 Å². The van der Waals surface area contributed by atoms with Gasteiger partial charge in [-0.15, -0.1) is 0 Å². The number of imide groups is 1. The first-order chi connectivity index (χ1) is 12.4. The summed E-state index contributed by atoms with van der Waals surface area (Å²) in [6.07, 6.45) is -7.63. The fourth-order valence-electron chi connectivity index (χ4n) is 1.89. The number of benzene rings is 1. The fraction of sp³-hybridized carbons (Fsp3) is 0.529. The van der Waals surface area contributed by atoms with Crippen LogP contribution in [-0.2, 0) is 15.7 Å². The molecule has 156 valence electrons. The van der Waals surface area contributed by atoms with E-state index in [0.29, 0.717) is 18.2 Å².